The Labute approximate surface area is 99.8 Å². The standard InChI is InChI=1S/C11H17N3O3/c1-3-6-13(8-10(15)16)11(17)9(2)14-7-4-5-12-14/h4-5,7,9H,3,6,8H2,1-2H3,(H,15,16)/t9-/m1/s1. The van der Waals surface area contributed by atoms with Crippen LogP contribution in [0, 0.1) is 0 Å². The first kappa shape index (κ1) is 13.2. The van der Waals surface area contributed by atoms with Crippen molar-refractivity contribution >= 4 is 11.9 Å². The van der Waals surface area contributed by atoms with Gasteiger partial charge in [0.2, 0.25) is 5.91 Å². The number of rotatable bonds is 6. The number of carbonyl (C=O) groups is 2. The fourth-order valence-electron chi connectivity index (χ4n) is 1.59. The summed E-state index contributed by atoms with van der Waals surface area (Å²) < 4.78 is 1.52. The smallest absolute Gasteiger partial charge is 0.323 e. The monoisotopic (exact) mass is 239 g/mol. The van der Waals surface area contributed by atoms with E-state index in [1.165, 1.54) is 9.58 Å². The maximum absolute atomic E-state index is 12.1. The van der Waals surface area contributed by atoms with Crippen LogP contribution in [0.3, 0.4) is 0 Å². The van der Waals surface area contributed by atoms with Crippen molar-refractivity contribution in [2.45, 2.75) is 26.3 Å². The molecule has 0 spiro atoms. The maximum Gasteiger partial charge on any atom is 0.323 e. The summed E-state index contributed by atoms with van der Waals surface area (Å²) in [6.07, 6.45) is 4.00. The molecule has 1 N–H and O–H groups in total. The van der Waals surface area contributed by atoms with E-state index in [1.807, 2.05) is 6.92 Å². The molecule has 1 atom stereocenters. The topological polar surface area (TPSA) is 75.4 Å². The van der Waals surface area contributed by atoms with E-state index in [0.29, 0.717) is 6.54 Å². The molecule has 0 fully saturated rings. The summed E-state index contributed by atoms with van der Waals surface area (Å²) in [4.78, 5) is 24.1. The lowest BCUT2D eigenvalue weighted by Gasteiger charge is -2.23. The van der Waals surface area contributed by atoms with Gasteiger partial charge in [0.05, 0.1) is 0 Å². The molecule has 1 aromatic heterocycles. The molecule has 1 aromatic rings. The molecular weight excluding hydrogens is 222 g/mol. The van der Waals surface area contributed by atoms with Crippen molar-refractivity contribution < 1.29 is 14.7 Å². The lowest BCUT2D eigenvalue weighted by atomic mass is 10.2. The van der Waals surface area contributed by atoms with Crippen molar-refractivity contribution in [3.05, 3.63) is 18.5 Å². The third kappa shape index (κ3) is 3.58. The predicted octanol–water partition coefficient (Wildman–Crippen LogP) is 0.767. The van der Waals surface area contributed by atoms with Crippen molar-refractivity contribution in [3.63, 3.8) is 0 Å². The summed E-state index contributed by atoms with van der Waals surface area (Å²) in [6, 6.07) is 1.25. The minimum atomic E-state index is -1.00. The SMILES string of the molecule is CCCN(CC(=O)O)C(=O)[C@@H](C)n1cccn1. The highest BCUT2D eigenvalue weighted by molar-refractivity contribution is 5.83. The summed E-state index contributed by atoms with van der Waals surface area (Å²) in [5.41, 5.74) is 0. The molecule has 0 saturated carbocycles. The summed E-state index contributed by atoms with van der Waals surface area (Å²) in [6.45, 7) is 3.79. The average Bonchev–Trinajstić information content (AvgIpc) is 2.79. The Bertz CT molecular complexity index is 375. The zero-order valence-electron chi connectivity index (χ0n) is 10.0. The molecule has 0 bridgehead atoms. The molecule has 0 aliphatic rings. The van der Waals surface area contributed by atoms with Gasteiger partial charge < -0.3 is 10.0 Å². The third-order valence-electron chi connectivity index (χ3n) is 2.41. The average molecular weight is 239 g/mol. The van der Waals surface area contributed by atoms with Gasteiger partial charge in [-0.05, 0) is 19.4 Å². The second-order valence-electron chi connectivity index (χ2n) is 3.82. The highest BCUT2D eigenvalue weighted by Gasteiger charge is 2.23. The van der Waals surface area contributed by atoms with Crippen LogP contribution in [-0.4, -0.2) is 44.8 Å². The lowest BCUT2D eigenvalue weighted by Crippen LogP contribution is -2.40. The maximum atomic E-state index is 12.1. The number of hydrogen-bond acceptors (Lipinski definition) is 3. The summed E-state index contributed by atoms with van der Waals surface area (Å²) in [5, 5.41) is 12.7. The predicted molar refractivity (Wildman–Crippen MR) is 61.4 cm³/mol. The van der Waals surface area contributed by atoms with Gasteiger partial charge in [0, 0.05) is 18.9 Å². The molecule has 0 aromatic carbocycles. The quantitative estimate of drug-likeness (QED) is 0.795. The first-order valence-corrected chi connectivity index (χ1v) is 5.56. The van der Waals surface area contributed by atoms with Gasteiger partial charge in [0.15, 0.2) is 0 Å². The van der Waals surface area contributed by atoms with Crippen LogP contribution in [0.4, 0.5) is 0 Å². The fourth-order valence-corrected chi connectivity index (χ4v) is 1.59. The van der Waals surface area contributed by atoms with Crippen LogP contribution in [0.15, 0.2) is 18.5 Å². The van der Waals surface area contributed by atoms with E-state index in [2.05, 4.69) is 5.10 Å². The Morgan fingerprint density at radius 2 is 2.24 bits per heavy atom. The summed E-state index contributed by atoms with van der Waals surface area (Å²) in [7, 11) is 0. The second kappa shape index (κ2) is 6.03. The minimum absolute atomic E-state index is 0.224. The zero-order valence-corrected chi connectivity index (χ0v) is 10.0. The number of amides is 1. The zero-order chi connectivity index (χ0) is 12.8. The summed E-state index contributed by atoms with van der Waals surface area (Å²) >= 11 is 0. The Morgan fingerprint density at radius 3 is 2.71 bits per heavy atom. The van der Waals surface area contributed by atoms with E-state index < -0.39 is 12.0 Å². The highest BCUT2D eigenvalue weighted by atomic mass is 16.4. The van der Waals surface area contributed by atoms with E-state index in [0.717, 1.165) is 6.42 Å². The summed E-state index contributed by atoms with van der Waals surface area (Å²) in [5.74, 6) is -1.22. The number of carbonyl (C=O) groups excluding carboxylic acids is 1. The lowest BCUT2D eigenvalue weighted by molar-refractivity contribution is -0.145. The van der Waals surface area contributed by atoms with E-state index in [-0.39, 0.29) is 12.5 Å². The largest absolute Gasteiger partial charge is 0.480 e. The third-order valence-corrected chi connectivity index (χ3v) is 2.41. The molecule has 6 nitrogen and oxygen atoms in total. The molecule has 94 valence electrons. The van der Waals surface area contributed by atoms with Gasteiger partial charge in [0.25, 0.3) is 0 Å². The van der Waals surface area contributed by atoms with Crippen molar-refractivity contribution in [1.82, 2.24) is 14.7 Å². The van der Waals surface area contributed by atoms with Crippen LogP contribution in [0.2, 0.25) is 0 Å². The Balaban J connectivity index is 2.73. The van der Waals surface area contributed by atoms with E-state index in [1.54, 1.807) is 25.4 Å². The van der Waals surface area contributed by atoms with Gasteiger partial charge in [-0.15, -0.1) is 0 Å². The first-order chi connectivity index (χ1) is 8.06. The number of hydrogen-bond donors (Lipinski definition) is 1. The number of nitrogens with zero attached hydrogens (tertiary/aromatic N) is 3. The molecule has 6 heteroatoms. The molecular formula is C11H17N3O3. The van der Waals surface area contributed by atoms with Crippen LogP contribution in [0.1, 0.15) is 26.3 Å². The van der Waals surface area contributed by atoms with Crippen molar-refractivity contribution in [3.8, 4) is 0 Å². The molecule has 0 saturated heterocycles. The van der Waals surface area contributed by atoms with Gasteiger partial charge in [-0.1, -0.05) is 6.92 Å². The van der Waals surface area contributed by atoms with E-state index >= 15 is 0 Å². The first-order valence-electron chi connectivity index (χ1n) is 5.56. The minimum Gasteiger partial charge on any atom is -0.480 e. The van der Waals surface area contributed by atoms with Gasteiger partial charge in [0.1, 0.15) is 12.6 Å². The van der Waals surface area contributed by atoms with Crippen molar-refractivity contribution in [2.75, 3.05) is 13.1 Å². The van der Waals surface area contributed by atoms with Crippen molar-refractivity contribution in [2.24, 2.45) is 0 Å². The molecule has 17 heavy (non-hydrogen) atoms. The van der Waals surface area contributed by atoms with Crippen LogP contribution in [0.5, 0.6) is 0 Å². The molecule has 0 unspecified atom stereocenters. The van der Waals surface area contributed by atoms with Crippen LogP contribution in [0.25, 0.3) is 0 Å². The van der Waals surface area contributed by atoms with Crippen molar-refractivity contribution in [1.29, 1.82) is 0 Å². The van der Waals surface area contributed by atoms with Gasteiger partial charge in [-0.25, -0.2) is 0 Å². The van der Waals surface area contributed by atoms with Crippen LogP contribution < -0.4 is 0 Å². The molecule has 1 rings (SSSR count). The Hall–Kier alpha value is -1.85. The van der Waals surface area contributed by atoms with Gasteiger partial charge in [-0.2, -0.15) is 5.10 Å². The molecule has 1 amide bonds. The Morgan fingerprint density at radius 1 is 1.53 bits per heavy atom. The Kier molecular flexibility index (Phi) is 4.68. The van der Waals surface area contributed by atoms with E-state index in [9.17, 15) is 9.59 Å². The van der Waals surface area contributed by atoms with Crippen LogP contribution in [-0.2, 0) is 9.59 Å². The molecule has 1 heterocycles. The second-order valence-corrected chi connectivity index (χ2v) is 3.82. The number of aromatic nitrogens is 2. The number of carboxylic acid groups (broad SMARTS) is 1. The van der Waals surface area contributed by atoms with Gasteiger partial charge in [-0.3, -0.25) is 14.3 Å². The number of aliphatic carboxylic acids is 1. The molecule has 0 aliphatic carbocycles. The number of carboxylic acids is 1. The van der Waals surface area contributed by atoms with Gasteiger partial charge >= 0.3 is 5.97 Å². The van der Waals surface area contributed by atoms with E-state index in [4.69, 9.17) is 5.11 Å². The highest BCUT2D eigenvalue weighted by Crippen LogP contribution is 2.09. The van der Waals surface area contributed by atoms with Crippen LogP contribution >= 0.6 is 0 Å². The molecule has 0 radical (unpaired) electrons. The molecule has 0 aliphatic heterocycles. The normalized spacial score (nSPS) is 12.1. The fraction of sp³-hybridized carbons (Fsp3) is 0.545.